The molecule has 0 saturated carbocycles. The first kappa shape index (κ1) is 28.2. The van der Waals surface area contributed by atoms with Gasteiger partial charge in [0, 0.05) is 30.5 Å². The van der Waals surface area contributed by atoms with Crippen molar-refractivity contribution in [3.63, 3.8) is 0 Å². The van der Waals surface area contributed by atoms with Crippen LogP contribution in [0.25, 0.3) is 11.8 Å². The molecule has 0 aliphatic carbocycles. The second kappa shape index (κ2) is 12.0. The van der Waals surface area contributed by atoms with Crippen LogP contribution in [-0.2, 0) is 14.3 Å². The van der Waals surface area contributed by atoms with Crippen LogP contribution in [0.15, 0.2) is 75.8 Å². The summed E-state index contributed by atoms with van der Waals surface area (Å²) in [5.41, 5.74) is 4.40. The number of para-hydroxylation sites is 1. The van der Waals surface area contributed by atoms with Gasteiger partial charge < -0.3 is 24.0 Å². The number of rotatable bonds is 7. The molecule has 0 amide bonds. The van der Waals surface area contributed by atoms with Crippen molar-refractivity contribution in [2.45, 2.75) is 20.8 Å². The molecule has 3 aromatic rings. The lowest BCUT2D eigenvalue weighted by Gasteiger charge is -2.28. The van der Waals surface area contributed by atoms with Crippen molar-refractivity contribution in [2.24, 2.45) is 4.99 Å². The fraction of sp³-hybridized carbons (Fsp3) is 0.267. The van der Waals surface area contributed by atoms with Gasteiger partial charge in [-0.3, -0.25) is 10.1 Å². The number of benzene rings is 2. The summed E-state index contributed by atoms with van der Waals surface area (Å²) in [5, 5.41) is 23.5. The van der Waals surface area contributed by atoms with Gasteiger partial charge in [-0.2, -0.15) is 0 Å². The number of aryl methyl sites for hydroxylation is 1. The molecule has 0 bridgehead atoms. The monoisotopic (exact) mass is 574 g/mol. The Bertz CT molecular complexity index is 1590. The number of anilines is 1. The number of aromatic nitrogens is 1. The highest BCUT2D eigenvalue weighted by molar-refractivity contribution is 8.18. The molecule has 1 saturated heterocycles. The van der Waals surface area contributed by atoms with Crippen molar-refractivity contribution in [3.05, 3.63) is 97.9 Å². The van der Waals surface area contributed by atoms with Crippen LogP contribution in [0, 0.1) is 24.0 Å². The molecule has 1 fully saturated rings. The third-order valence-electron chi connectivity index (χ3n) is 6.88. The minimum absolute atomic E-state index is 0.0232. The number of morpholine rings is 1. The zero-order valence-electron chi connectivity index (χ0n) is 23.0. The minimum Gasteiger partial charge on any atom is -0.506 e. The third kappa shape index (κ3) is 5.77. The standard InChI is InChI=1S/C30H30N4O6S/c1-4-40-30(36)27-28(35)26(41-29(27)31-22-8-6-5-7-9-22)17-21-16-19(2)33(20(21)3)23-10-11-24(25(18-23)34(37)38)32-12-14-39-15-13-32/h5-11,16-18,35H,4,12-15H2,1-3H3/b26-17-,31-29?. The molecule has 1 aromatic heterocycles. The zero-order valence-corrected chi connectivity index (χ0v) is 23.8. The van der Waals surface area contributed by atoms with Crippen LogP contribution in [-0.4, -0.2) is 58.5 Å². The van der Waals surface area contributed by atoms with Crippen LogP contribution in [0.3, 0.4) is 0 Å². The summed E-state index contributed by atoms with van der Waals surface area (Å²) in [6.45, 7) is 7.94. The first-order chi connectivity index (χ1) is 19.8. The van der Waals surface area contributed by atoms with E-state index < -0.39 is 5.97 Å². The van der Waals surface area contributed by atoms with Gasteiger partial charge in [0.2, 0.25) is 0 Å². The fourth-order valence-electron chi connectivity index (χ4n) is 4.95. The number of hydrogen-bond acceptors (Lipinski definition) is 9. The predicted octanol–water partition coefficient (Wildman–Crippen LogP) is 6.03. The van der Waals surface area contributed by atoms with Gasteiger partial charge in [-0.1, -0.05) is 30.0 Å². The number of aliphatic hydroxyl groups excluding tert-OH is 1. The summed E-state index contributed by atoms with van der Waals surface area (Å²) >= 11 is 1.19. The molecule has 0 unspecified atom stereocenters. The van der Waals surface area contributed by atoms with E-state index in [1.54, 1.807) is 25.1 Å². The molecule has 212 valence electrons. The molecule has 2 aromatic carbocycles. The van der Waals surface area contributed by atoms with Crippen molar-refractivity contribution in [1.82, 2.24) is 4.57 Å². The first-order valence-electron chi connectivity index (χ1n) is 13.2. The SMILES string of the molecule is CCOC(=O)C1=C(O)/C(=C/c2cc(C)n(-c3ccc(N4CCOCC4)c([N+](=O)[O-])c3)c2C)SC1=Nc1ccccc1. The third-order valence-corrected chi connectivity index (χ3v) is 7.90. The Labute approximate surface area is 241 Å². The number of thioether (sulfide) groups is 1. The van der Waals surface area contributed by atoms with E-state index in [1.165, 1.54) is 11.8 Å². The van der Waals surface area contributed by atoms with E-state index in [1.807, 2.05) is 65.8 Å². The molecule has 1 N–H and O–H groups in total. The highest BCUT2D eigenvalue weighted by Gasteiger charge is 2.33. The number of ether oxygens (including phenoxy) is 2. The van der Waals surface area contributed by atoms with Crippen LogP contribution in [0.1, 0.15) is 23.9 Å². The largest absolute Gasteiger partial charge is 0.506 e. The summed E-state index contributed by atoms with van der Waals surface area (Å²) in [5.74, 6) is -0.841. The van der Waals surface area contributed by atoms with E-state index in [2.05, 4.69) is 4.99 Å². The van der Waals surface area contributed by atoms with Crippen LogP contribution >= 0.6 is 11.8 Å². The Morgan fingerprint density at radius 1 is 1.17 bits per heavy atom. The second-order valence-corrected chi connectivity index (χ2v) is 10.5. The fourth-order valence-corrected chi connectivity index (χ4v) is 5.98. The Hall–Kier alpha value is -4.35. The smallest absolute Gasteiger partial charge is 0.344 e. The van der Waals surface area contributed by atoms with E-state index in [0.717, 1.165) is 17.0 Å². The Kier molecular flexibility index (Phi) is 8.27. The van der Waals surface area contributed by atoms with Crippen LogP contribution in [0.4, 0.5) is 17.1 Å². The summed E-state index contributed by atoms with van der Waals surface area (Å²) < 4.78 is 12.5. The van der Waals surface area contributed by atoms with Crippen molar-refractivity contribution in [2.75, 3.05) is 37.8 Å². The van der Waals surface area contributed by atoms with Crippen molar-refractivity contribution in [1.29, 1.82) is 0 Å². The molecular formula is C30H30N4O6S. The number of esters is 1. The average molecular weight is 575 g/mol. The quantitative estimate of drug-likeness (QED) is 0.206. The number of aliphatic imine (C=N–C) groups is 1. The van der Waals surface area contributed by atoms with Crippen LogP contribution < -0.4 is 4.90 Å². The molecule has 3 heterocycles. The predicted molar refractivity (Wildman–Crippen MR) is 160 cm³/mol. The summed E-state index contributed by atoms with van der Waals surface area (Å²) in [6.07, 6.45) is 1.79. The molecule has 11 heteroatoms. The molecule has 0 radical (unpaired) electrons. The number of hydrogen-bond donors (Lipinski definition) is 1. The van der Waals surface area contributed by atoms with E-state index in [0.29, 0.717) is 53.3 Å². The van der Waals surface area contributed by atoms with Gasteiger partial charge in [0.05, 0.1) is 41.0 Å². The molecule has 0 spiro atoms. The van der Waals surface area contributed by atoms with Gasteiger partial charge in [0.25, 0.3) is 5.69 Å². The maximum Gasteiger partial charge on any atom is 0.344 e. The van der Waals surface area contributed by atoms with Gasteiger partial charge in [-0.15, -0.1) is 0 Å². The van der Waals surface area contributed by atoms with Crippen molar-refractivity contribution >= 4 is 45.9 Å². The van der Waals surface area contributed by atoms with Gasteiger partial charge in [-0.25, -0.2) is 9.79 Å². The maximum absolute atomic E-state index is 12.8. The van der Waals surface area contributed by atoms with Gasteiger partial charge in [0.15, 0.2) is 0 Å². The Morgan fingerprint density at radius 2 is 1.90 bits per heavy atom. The molecule has 0 atom stereocenters. The number of aliphatic hydroxyl groups is 1. The number of nitro groups is 1. The van der Waals surface area contributed by atoms with E-state index in [9.17, 15) is 20.0 Å². The highest BCUT2D eigenvalue weighted by atomic mass is 32.2. The molecule has 5 rings (SSSR count). The number of nitro benzene ring substituents is 1. The summed E-state index contributed by atoms with van der Waals surface area (Å²) in [4.78, 5) is 31.5. The maximum atomic E-state index is 12.8. The molecule has 10 nitrogen and oxygen atoms in total. The molecule has 2 aliphatic rings. The van der Waals surface area contributed by atoms with Crippen molar-refractivity contribution < 1.29 is 24.3 Å². The lowest BCUT2D eigenvalue weighted by molar-refractivity contribution is -0.384. The number of nitrogens with zero attached hydrogens (tertiary/aromatic N) is 4. The van der Waals surface area contributed by atoms with Crippen molar-refractivity contribution in [3.8, 4) is 5.69 Å². The topological polar surface area (TPSA) is 119 Å². The van der Waals surface area contributed by atoms with Gasteiger partial charge in [-0.05, 0) is 62.7 Å². The second-order valence-electron chi connectivity index (χ2n) is 9.50. The van der Waals surface area contributed by atoms with Gasteiger partial charge in [0.1, 0.15) is 22.1 Å². The van der Waals surface area contributed by atoms with E-state index in [-0.39, 0.29) is 28.5 Å². The lowest BCUT2D eigenvalue weighted by Crippen LogP contribution is -2.36. The normalized spacial score (nSPS) is 17.5. The average Bonchev–Trinajstić information content (AvgIpc) is 3.43. The van der Waals surface area contributed by atoms with Crippen LogP contribution in [0.2, 0.25) is 0 Å². The van der Waals surface area contributed by atoms with Crippen LogP contribution in [0.5, 0.6) is 0 Å². The highest BCUT2D eigenvalue weighted by Crippen LogP contribution is 2.41. The Balaban J connectivity index is 1.53. The number of carbonyl (C=O) groups is 1. The lowest BCUT2D eigenvalue weighted by atomic mass is 10.1. The van der Waals surface area contributed by atoms with E-state index >= 15 is 0 Å². The molecule has 2 aliphatic heterocycles. The minimum atomic E-state index is -0.645. The van der Waals surface area contributed by atoms with Gasteiger partial charge >= 0.3 is 5.97 Å². The summed E-state index contributed by atoms with van der Waals surface area (Å²) in [6, 6.07) is 16.4. The first-order valence-corrected chi connectivity index (χ1v) is 14.0. The Morgan fingerprint density at radius 3 is 2.59 bits per heavy atom. The zero-order chi connectivity index (χ0) is 29.1. The number of carbonyl (C=O) groups excluding carboxylic acids is 1. The summed E-state index contributed by atoms with van der Waals surface area (Å²) in [7, 11) is 0. The molecular weight excluding hydrogens is 544 g/mol. The van der Waals surface area contributed by atoms with E-state index in [4.69, 9.17) is 9.47 Å². The molecule has 41 heavy (non-hydrogen) atoms.